The summed E-state index contributed by atoms with van der Waals surface area (Å²) >= 11 is 0. The molecule has 0 unspecified atom stereocenters. The van der Waals surface area contributed by atoms with Crippen LogP contribution in [0, 0.1) is 5.92 Å². The minimum Gasteiger partial charge on any atom is -0.550 e. The van der Waals surface area contributed by atoms with Crippen LogP contribution in [-0.2, 0) is 11.3 Å². The van der Waals surface area contributed by atoms with Crippen LogP contribution in [0.3, 0.4) is 0 Å². The van der Waals surface area contributed by atoms with E-state index in [2.05, 4.69) is 17.4 Å². The number of carbonyl (C=O) groups is 1. The van der Waals surface area contributed by atoms with E-state index in [1.54, 1.807) is 0 Å². The predicted molar refractivity (Wildman–Crippen MR) is 53.6 cm³/mol. The molecule has 1 aliphatic carbocycles. The normalized spacial score (nSPS) is 24.5. The van der Waals surface area contributed by atoms with Gasteiger partial charge < -0.3 is 15.2 Å². The van der Waals surface area contributed by atoms with E-state index in [-0.39, 0.29) is 5.92 Å². The molecular weight excluding hydrogens is 190 g/mol. The summed E-state index contributed by atoms with van der Waals surface area (Å²) in [6.07, 6.45) is 1.52. The number of aliphatic carboxylic acids is 1. The predicted octanol–water partition coefficient (Wildman–Crippen LogP) is -0.721. The second-order valence-corrected chi connectivity index (χ2v) is 4.17. The highest BCUT2D eigenvalue weighted by atomic mass is 16.4. The number of benzene rings is 1. The van der Waals surface area contributed by atoms with Crippen molar-refractivity contribution in [2.75, 3.05) is 0 Å². The number of hydrogen-bond donors (Lipinski definition) is 1. The Labute approximate surface area is 89.1 Å². The van der Waals surface area contributed by atoms with E-state index in [9.17, 15) is 9.90 Å². The average molecular weight is 205 g/mol. The van der Waals surface area contributed by atoms with Gasteiger partial charge >= 0.3 is 0 Å². The van der Waals surface area contributed by atoms with Gasteiger partial charge in [-0.05, 0) is 0 Å². The summed E-state index contributed by atoms with van der Waals surface area (Å²) in [6, 6.07) is 10.7. The summed E-state index contributed by atoms with van der Waals surface area (Å²) in [5.41, 5.74) is 1.29. The lowest BCUT2D eigenvalue weighted by atomic mass is 9.80. The summed E-state index contributed by atoms with van der Waals surface area (Å²) < 4.78 is 0. The van der Waals surface area contributed by atoms with Crippen molar-refractivity contribution in [3.05, 3.63) is 35.9 Å². The maximum atomic E-state index is 10.5. The monoisotopic (exact) mass is 205 g/mol. The summed E-state index contributed by atoms with van der Waals surface area (Å²) in [4.78, 5) is 10.5. The quantitative estimate of drug-likeness (QED) is 0.705. The van der Waals surface area contributed by atoms with E-state index in [0.717, 1.165) is 19.4 Å². The van der Waals surface area contributed by atoms with Crippen molar-refractivity contribution in [2.45, 2.75) is 25.4 Å². The second kappa shape index (κ2) is 4.45. The second-order valence-electron chi connectivity index (χ2n) is 4.17. The first kappa shape index (κ1) is 10.2. The molecule has 80 valence electrons. The molecule has 0 atom stereocenters. The molecule has 0 spiro atoms. The molecule has 1 aromatic rings. The Morgan fingerprint density at radius 2 is 2.00 bits per heavy atom. The fourth-order valence-corrected chi connectivity index (χ4v) is 1.96. The van der Waals surface area contributed by atoms with Gasteiger partial charge in [0.2, 0.25) is 0 Å². The number of nitrogens with two attached hydrogens (primary N) is 1. The Morgan fingerprint density at radius 1 is 1.33 bits per heavy atom. The molecule has 0 bridgehead atoms. The van der Waals surface area contributed by atoms with Gasteiger partial charge in [-0.25, -0.2) is 0 Å². The third-order valence-corrected chi connectivity index (χ3v) is 3.04. The van der Waals surface area contributed by atoms with Gasteiger partial charge in [0.15, 0.2) is 0 Å². The lowest BCUT2D eigenvalue weighted by Crippen LogP contribution is -2.91. The molecule has 2 rings (SSSR count). The molecule has 1 saturated carbocycles. The lowest BCUT2D eigenvalue weighted by Gasteiger charge is -2.33. The fourth-order valence-electron chi connectivity index (χ4n) is 1.96. The van der Waals surface area contributed by atoms with Crippen LogP contribution in [0.15, 0.2) is 30.3 Å². The van der Waals surface area contributed by atoms with Gasteiger partial charge in [0.25, 0.3) is 0 Å². The van der Waals surface area contributed by atoms with Crippen LogP contribution >= 0.6 is 0 Å². The molecule has 0 aliphatic heterocycles. The molecule has 2 N–H and O–H groups in total. The molecule has 3 nitrogen and oxygen atoms in total. The summed E-state index contributed by atoms with van der Waals surface area (Å²) in [5.74, 6) is -1.10. The van der Waals surface area contributed by atoms with E-state index < -0.39 is 5.97 Å². The van der Waals surface area contributed by atoms with Crippen molar-refractivity contribution in [1.82, 2.24) is 0 Å². The third kappa shape index (κ3) is 2.57. The largest absolute Gasteiger partial charge is 0.550 e. The van der Waals surface area contributed by atoms with E-state index in [0.29, 0.717) is 6.04 Å². The van der Waals surface area contributed by atoms with E-state index >= 15 is 0 Å². The highest BCUT2D eigenvalue weighted by Gasteiger charge is 2.32. The first-order chi connectivity index (χ1) is 7.25. The Kier molecular flexibility index (Phi) is 3.02. The standard InChI is InChI=1S/C12H15NO2/c14-12(15)10-6-11(7-10)13-8-9-4-2-1-3-5-9/h1-5,10-11,13H,6-8H2,(H,14,15). The summed E-state index contributed by atoms with van der Waals surface area (Å²) in [6.45, 7) is 0.936. The maximum absolute atomic E-state index is 10.5. The first-order valence-electron chi connectivity index (χ1n) is 5.34. The maximum Gasteiger partial charge on any atom is 0.101 e. The number of hydrogen-bond acceptors (Lipinski definition) is 2. The van der Waals surface area contributed by atoms with Crippen molar-refractivity contribution >= 4 is 5.97 Å². The first-order valence-corrected chi connectivity index (χ1v) is 5.34. The topological polar surface area (TPSA) is 56.7 Å². The van der Waals surface area contributed by atoms with Crippen molar-refractivity contribution in [3.8, 4) is 0 Å². The molecule has 0 amide bonds. The smallest absolute Gasteiger partial charge is 0.101 e. The zero-order valence-electron chi connectivity index (χ0n) is 8.56. The van der Waals surface area contributed by atoms with Crippen LogP contribution in [0.1, 0.15) is 18.4 Å². The Bertz CT molecular complexity index is 331. The number of carboxylic acids is 1. The number of carbonyl (C=O) groups excluding carboxylic acids is 1. The molecule has 1 aromatic carbocycles. The van der Waals surface area contributed by atoms with Crippen molar-refractivity contribution in [3.63, 3.8) is 0 Å². The summed E-state index contributed by atoms with van der Waals surface area (Å²) in [7, 11) is 0. The SMILES string of the molecule is O=C([O-])C1CC([NH2+]Cc2ccccc2)C1. The number of carboxylic acid groups (broad SMARTS) is 1. The van der Waals surface area contributed by atoms with Crippen LogP contribution in [-0.4, -0.2) is 12.0 Å². The minimum atomic E-state index is -0.889. The van der Waals surface area contributed by atoms with Crippen LogP contribution in [0.2, 0.25) is 0 Å². The Balaban J connectivity index is 1.71. The molecule has 0 saturated heterocycles. The highest BCUT2D eigenvalue weighted by molar-refractivity contribution is 5.68. The minimum absolute atomic E-state index is 0.206. The molecule has 0 heterocycles. The van der Waals surface area contributed by atoms with E-state index in [1.807, 2.05) is 18.2 Å². The van der Waals surface area contributed by atoms with Gasteiger partial charge in [0, 0.05) is 30.3 Å². The number of rotatable bonds is 4. The highest BCUT2D eigenvalue weighted by Crippen LogP contribution is 2.23. The van der Waals surface area contributed by atoms with Gasteiger partial charge in [-0.3, -0.25) is 0 Å². The van der Waals surface area contributed by atoms with E-state index in [1.165, 1.54) is 5.56 Å². The van der Waals surface area contributed by atoms with Gasteiger partial charge in [-0.1, -0.05) is 30.3 Å². The third-order valence-electron chi connectivity index (χ3n) is 3.04. The molecular formula is C12H15NO2. The average Bonchev–Trinajstić information content (AvgIpc) is 2.16. The van der Waals surface area contributed by atoms with Crippen LogP contribution < -0.4 is 10.4 Å². The van der Waals surface area contributed by atoms with Crippen molar-refractivity contribution in [1.29, 1.82) is 0 Å². The van der Waals surface area contributed by atoms with Crippen molar-refractivity contribution in [2.24, 2.45) is 5.92 Å². The van der Waals surface area contributed by atoms with Gasteiger partial charge in [0.05, 0.1) is 6.04 Å². The molecule has 1 fully saturated rings. The summed E-state index contributed by atoms with van der Waals surface area (Å²) in [5, 5.41) is 12.7. The Hall–Kier alpha value is -1.35. The zero-order valence-corrected chi connectivity index (χ0v) is 8.56. The Morgan fingerprint density at radius 3 is 2.60 bits per heavy atom. The van der Waals surface area contributed by atoms with Crippen LogP contribution in [0.5, 0.6) is 0 Å². The van der Waals surface area contributed by atoms with Crippen molar-refractivity contribution < 1.29 is 15.2 Å². The van der Waals surface area contributed by atoms with Gasteiger partial charge in [0.1, 0.15) is 6.54 Å². The number of quaternary nitrogens is 1. The van der Waals surface area contributed by atoms with Gasteiger partial charge in [-0.2, -0.15) is 0 Å². The molecule has 1 aliphatic rings. The fraction of sp³-hybridized carbons (Fsp3) is 0.417. The zero-order chi connectivity index (χ0) is 10.7. The molecule has 15 heavy (non-hydrogen) atoms. The molecule has 0 radical (unpaired) electrons. The van der Waals surface area contributed by atoms with Crippen LogP contribution in [0.25, 0.3) is 0 Å². The van der Waals surface area contributed by atoms with Crippen LogP contribution in [0.4, 0.5) is 0 Å². The lowest BCUT2D eigenvalue weighted by molar-refractivity contribution is -0.716. The van der Waals surface area contributed by atoms with Gasteiger partial charge in [-0.15, -0.1) is 0 Å². The molecule has 3 heteroatoms. The van der Waals surface area contributed by atoms with E-state index in [4.69, 9.17) is 0 Å². The molecule has 0 aromatic heterocycles.